The Bertz CT molecular complexity index is 1360. The summed E-state index contributed by atoms with van der Waals surface area (Å²) in [7, 11) is -22.0. The summed E-state index contributed by atoms with van der Waals surface area (Å²) < 4.78 is 121. The molecule has 0 aliphatic rings. The Kier molecular flexibility index (Phi) is 41.8. The molecule has 0 spiro atoms. The highest BCUT2D eigenvalue weighted by atomic mass is 28.5. The minimum atomic E-state index is -4.08. The fourth-order valence-electron chi connectivity index (χ4n) is 7.46. The molecule has 0 bridgehead atoms. The molecule has 0 radical (unpaired) electrons. The van der Waals surface area contributed by atoms with Crippen molar-refractivity contribution in [1.29, 1.82) is 0 Å². The van der Waals surface area contributed by atoms with Crippen molar-refractivity contribution in [2.75, 3.05) is 0 Å². The van der Waals surface area contributed by atoms with Crippen LogP contribution in [0, 0.1) is 0 Å². The van der Waals surface area contributed by atoms with Gasteiger partial charge >= 0.3 is 53.8 Å². The average molecular weight is 1290 g/mol. The van der Waals surface area contributed by atoms with Gasteiger partial charge in [-0.15, -0.1) is 0 Å². The molecule has 0 saturated carbocycles. The number of nitrogens with one attached hydrogen (secondary N) is 1. The monoisotopic (exact) mass is 1290 g/mol. The van der Waals surface area contributed by atoms with E-state index in [4.69, 9.17) is 85.1 Å². The van der Waals surface area contributed by atoms with Gasteiger partial charge in [-0.2, -0.15) is 3.90 Å². The maximum atomic E-state index is 6.83. The van der Waals surface area contributed by atoms with Crippen molar-refractivity contribution in [3.63, 3.8) is 0 Å². The van der Waals surface area contributed by atoms with E-state index in [-0.39, 0.29) is 109 Å². The third-order valence-electron chi connectivity index (χ3n) is 8.18. The largest absolute Gasteiger partial charge is 0.597 e. The lowest BCUT2D eigenvalue weighted by Gasteiger charge is -2.53. The van der Waals surface area contributed by atoms with Crippen molar-refractivity contribution in [1.82, 2.24) is 8.54 Å². The van der Waals surface area contributed by atoms with Crippen LogP contribution in [-0.2, 0) is 79.7 Å². The Morgan fingerprint density at radius 3 is 0.488 bits per heavy atom. The van der Waals surface area contributed by atoms with Crippen LogP contribution in [0.4, 0.5) is 0 Å². The van der Waals surface area contributed by atoms with Gasteiger partial charge in [0.05, 0.1) is 5.60 Å². The van der Waals surface area contributed by atoms with Crippen LogP contribution >= 0.6 is 0 Å². The van der Waals surface area contributed by atoms with Crippen molar-refractivity contribution < 1.29 is 79.7 Å². The van der Waals surface area contributed by atoms with Gasteiger partial charge in [0.1, 0.15) is 0 Å². The lowest BCUT2D eigenvalue weighted by atomic mass is 10.2. The van der Waals surface area contributed by atoms with Gasteiger partial charge in [0.2, 0.25) is 0 Å². The molecule has 0 fully saturated rings. The van der Waals surface area contributed by atoms with Crippen LogP contribution in [0.2, 0.25) is 0 Å². The van der Waals surface area contributed by atoms with Crippen LogP contribution in [0.15, 0.2) is 0 Å². The Hall–Kier alpha value is 0.461. The summed E-state index contributed by atoms with van der Waals surface area (Å²) in [5.74, 6) is 0. The fraction of sp³-hybridized carbons (Fsp3) is 1.00. The zero-order chi connectivity index (χ0) is 65.3. The van der Waals surface area contributed by atoms with Crippen molar-refractivity contribution in [2.24, 2.45) is 5.40 Å². The average Bonchev–Trinajstić information content (AvgIpc) is 3.11. The maximum absolute atomic E-state index is 6.83. The summed E-state index contributed by atoms with van der Waals surface area (Å²) in [4.78, 5) is 0. The van der Waals surface area contributed by atoms with E-state index in [1.165, 1.54) is 0 Å². The first-order chi connectivity index (χ1) is 36.9. The molecule has 0 aliphatic carbocycles. The number of rotatable bonds is 40. The maximum Gasteiger partial charge on any atom is 0.597 e. The van der Waals surface area contributed by atoms with Crippen molar-refractivity contribution in [3.05, 3.63) is 0 Å². The van der Waals surface area contributed by atoms with Crippen molar-refractivity contribution in [3.8, 4) is 0 Å². The molecule has 0 aliphatic heterocycles. The van der Waals surface area contributed by atoms with E-state index in [0.29, 0.717) is 0 Å². The van der Waals surface area contributed by atoms with Crippen LogP contribution in [0.1, 0.15) is 256 Å². The Morgan fingerprint density at radius 1 is 0.244 bits per heavy atom. The van der Waals surface area contributed by atoms with Crippen LogP contribution < -0.4 is 10.0 Å². The van der Waals surface area contributed by atoms with E-state index < -0.39 is 53.8 Å². The minimum absolute atomic E-state index is 0.00256. The van der Waals surface area contributed by atoms with E-state index in [1.54, 1.807) is 0 Å². The van der Waals surface area contributed by atoms with Crippen LogP contribution in [0.25, 0.3) is 0 Å². The molecule has 27 heteroatoms. The molecule has 0 unspecified atom stereocenters. The lowest BCUT2D eigenvalue weighted by Crippen LogP contribution is -2.86. The minimum Gasteiger partial charge on any atom is -0.359 e. The van der Waals surface area contributed by atoms with Gasteiger partial charge in [-0.3, -0.25) is 5.40 Å². The summed E-state index contributed by atoms with van der Waals surface area (Å²) in [6, 6.07) is 0. The quantitative estimate of drug-likeness (QED) is 0.0547. The molecular formula is C55H131N3O18Si6. The van der Waals surface area contributed by atoms with Gasteiger partial charge in [0.25, 0.3) is 0 Å². The molecule has 0 atom stereocenters. The molecule has 0 heterocycles. The third kappa shape index (κ3) is 38.1. The zero-order valence-electron chi connectivity index (χ0n) is 59.2. The second kappa shape index (κ2) is 39.6. The number of nitrogens with zero attached hydrogens (tertiary/aromatic N) is 1. The van der Waals surface area contributed by atoms with Crippen molar-refractivity contribution in [2.45, 2.75) is 366 Å². The summed E-state index contributed by atoms with van der Waals surface area (Å²) >= 11 is 0. The topological polar surface area (TPSA) is 207 Å². The van der Waals surface area contributed by atoms with E-state index in [9.17, 15) is 0 Å². The molecule has 0 aromatic heterocycles. The first kappa shape index (κ1) is 86.7. The molecule has 0 aromatic carbocycles. The molecule has 82 heavy (non-hydrogen) atoms. The van der Waals surface area contributed by atoms with E-state index in [2.05, 4.69) is 4.65 Å². The molecule has 0 rings (SSSR count). The number of hydrogen-bond acceptors (Lipinski definition) is 21. The van der Waals surface area contributed by atoms with Gasteiger partial charge in [0.15, 0.2) is 0 Å². The normalized spacial score (nSPS) is 14.2. The Labute approximate surface area is 510 Å². The molecular weight excluding hydrogens is 1160 g/mol. The smallest absolute Gasteiger partial charge is 0.359 e. The summed E-state index contributed by atoms with van der Waals surface area (Å²) in [6.45, 7) is 72.1. The summed E-state index contributed by atoms with van der Waals surface area (Å²) in [5.41, 5.74) is -0.356. The SMILES string of the molecule is CC(C)O[Si](N)(OC(C)C)OC(C)(C)C.CC(C)O[Si](N[Si](OC(C)C)(OC(C)C)OC(C)C)(OC(C)C)OC(C)C.CC(C)O[Si](OC(C)C)(OC(C)C)N([Si](OC(C)C)(OC(C)C)OC(C)C)[Si](OC(C)C)(OC(C)C)OC(C)C. The van der Waals surface area contributed by atoms with Crippen LogP contribution in [0.5, 0.6) is 0 Å². The summed E-state index contributed by atoms with van der Waals surface area (Å²) in [5, 5.41) is 6.06. The van der Waals surface area contributed by atoms with E-state index in [1.807, 2.05) is 260 Å². The van der Waals surface area contributed by atoms with E-state index >= 15 is 0 Å². The Balaban J connectivity index is -0.00000127. The number of nitrogens with two attached hydrogens (primary N) is 1. The molecule has 0 amide bonds. The zero-order valence-corrected chi connectivity index (χ0v) is 65.2. The second-order valence-corrected chi connectivity index (χ2v) is 40.3. The van der Waals surface area contributed by atoms with Gasteiger partial charge in [-0.1, -0.05) is 0 Å². The van der Waals surface area contributed by atoms with Gasteiger partial charge in [-0.25, -0.2) is 4.65 Å². The Morgan fingerprint density at radius 2 is 0.378 bits per heavy atom. The van der Waals surface area contributed by atoms with Crippen LogP contribution in [0.3, 0.4) is 0 Å². The summed E-state index contributed by atoms with van der Waals surface area (Å²) in [6.07, 6.45) is -3.26. The highest BCUT2D eigenvalue weighted by Gasteiger charge is 2.78. The predicted octanol–water partition coefficient (Wildman–Crippen LogP) is 12.5. The third-order valence-corrected chi connectivity index (χ3v) is 31.3. The molecule has 21 nitrogen and oxygen atoms in total. The van der Waals surface area contributed by atoms with Crippen molar-refractivity contribution >= 4 is 53.8 Å². The molecule has 0 saturated heterocycles. The second-order valence-electron chi connectivity index (χ2n) is 25.8. The molecule has 3 N–H and O–H groups in total. The lowest BCUT2D eigenvalue weighted by molar-refractivity contribution is -0.0936. The van der Waals surface area contributed by atoms with Gasteiger partial charge in [0, 0.05) is 104 Å². The molecule has 0 aromatic rings. The van der Waals surface area contributed by atoms with Gasteiger partial charge in [-0.05, 0) is 256 Å². The first-order valence-corrected chi connectivity index (χ1v) is 40.7. The van der Waals surface area contributed by atoms with E-state index in [0.717, 1.165) is 0 Å². The number of hydrogen-bond donors (Lipinski definition) is 2. The highest BCUT2D eigenvalue weighted by molar-refractivity contribution is 6.90. The highest BCUT2D eigenvalue weighted by Crippen LogP contribution is 2.40. The predicted molar refractivity (Wildman–Crippen MR) is 340 cm³/mol. The fourth-order valence-corrected chi connectivity index (χ4v) is 30.4. The van der Waals surface area contributed by atoms with Crippen LogP contribution in [-0.4, -0.2) is 167 Å². The van der Waals surface area contributed by atoms with Gasteiger partial charge < -0.3 is 79.7 Å². The first-order valence-electron chi connectivity index (χ1n) is 30.5. The standard InChI is InChI=1S/C27H63NO9Si3.C18H43NO6Si2.C10H25NO3Si/c1-19(2)29-38(30-20(3)4,31-21(5)6)28(39(32-22(7)8,33-23(9)10)34-24(11)12)40(35-25(13)14,36-26(15)16)37-27(17)18;1-13(2)20-26(21-14(3)4,22-15(5)6)19-27(23-16(7)8,24-17(9)10)25-18(11)12;1-8(2)12-15(11,13-9(3)4)14-10(5,6)7/h19-27H,1-18H3;13-19H,1-12H3;8-9H,11H2,1-7H3. The molecule has 498 valence electrons.